The average molecular weight is 267 g/mol. The predicted octanol–water partition coefficient (Wildman–Crippen LogP) is 2.01. The van der Waals surface area contributed by atoms with Crippen LogP contribution in [0.5, 0.6) is 0 Å². The maximum atomic E-state index is 12.1. The first-order valence-corrected chi connectivity index (χ1v) is 7.33. The summed E-state index contributed by atoms with van der Waals surface area (Å²) in [7, 11) is 3.85. The van der Waals surface area contributed by atoms with Crippen LogP contribution >= 0.6 is 11.8 Å². The minimum atomic E-state index is -0.111. The Kier molecular flexibility index (Phi) is 6.15. The van der Waals surface area contributed by atoms with E-state index in [0.29, 0.717) is 5.82 Å². The van der Waals surface area contributed by atoms with Crippen molar-refractivity contribution in [1.82, 2.24) is 9.88 Å². The fourth-order valence-corrected chi connectivity index (χ4v) is 2.06. The van der Waals surface area contributed by atoms with Gasteiger partial charge in [-0.05, 0) is 51.1 Å². The number of nitrogens with one attached hydrogen (secondary N) is 1. The second-order valence-electron chi connectivity index (χ2n) is 4.47. The van der Waals surface area contributed by atoms with E-state index < -0.39 is 0 Å². The van der Waals surface area contributed by atoms with Crippen LogP contribution in [0, 0.1) is 6.92 Å². The molecule has 18 heavy (non-hydrogen) atoms. The summed E-state index contributed by atoms with van der Waals surface area (Å²) in [4.78, 5) is 18.3. The molecule has 1 rings (SSSR count). The van der Waals surface area contributed by atoms with Crippen LogP contribution in [0.3, 0.4) is 0 Å². The maximum absolute atomic E-state index is 12.1. The van der Waals surface area contributed by atoms with Gasteiger partial charge in [0, 0.05) is 6.20 Å². The summed E-state index contributed by atoms with van der Waals surface area (Å²) in [6.45, 7) is 1.97. The van der Waals surface area contributed by atoms with Gasteiger partial charge in [0.25, 0.3) is 0 Å². The van der Waals surface area contributed by atoms with Crippen LogP contribution < -0.4 is 5.32 Å². The Hall–Kier alpha value is -1.07. The second kappa shape index (κ2) is 7.38. The number of hydrogen-bond acceptors (Lipinski definition) is 4. The lowest BCUT2D eigenvalue weighted by Crippen LogP contribution is -2.40. The van der Waals surface area contributed by atoms with Crippen LogP contribution in [0.2, 0.25) is 0 Å². The molecule has 1 unspecified atom stereocenters. The van der Waals surface area contributed by atoms with Crippen LogP contribution in [0.4, 0.5) is 5.82 Å². The van der Waals surface area contributed by atoms with E-state index in [4.69, 9.17) is 0 Å². The van der Waals surface area contributed by atoms with Crippen molar-refractivity contribution in [3.8, 4) is 0 Å². The molecule has 1 amide bonds. The van der Waals surface area contributed by atoms with Gasteiger partial charge < -0.3 is 5.32 Å². The summed E-state index contributed by atoms with van der Waals surface area (Å²) >= 11 is 1.75. The predicted molar refractivity (Wildman–Crippen MR) is 78.1 cm³/mol. The molecular weight excluding hydrogens is 246 g/mol. The van der Waals surface area contributed by atoms with Crippen molar-refractivity contribution >= 4 is 23.5 Å². The topological polar surface area (TPSA) is 45.2 Å². The number of amides is 1. The maximum Gasteiger partial charge on any atom is 0.242 e. The molecule has 5 heteroatoms. The zero-order valence-corrected chi connectivity index (χ0v) is 12.3. The van der Waals surface area contributed by atoms with Crippen LogP contribution in [0.15, 0.2) is 18.3 Å². The van der Waals surface area contributed by atoms with Crippen molar-refractivity contribution in [2.24, 2.45) is 0 Å². The Morgan fingerprint density at radius 1 is 1.50 bits per heavy atom. The minimum absolute atomic E-state index is 0.00500. The van der Waals surface area contributed by atoms with Gasteiger partial charge in [0.2, 0.25) is 5.91 Å². The van der Waals surface area contributed by atoms with Crippen molar-refractivity contribution in [2.75, 3.05) is 31.4 Å². The Morgan fingerprint density at radius 3 is 2.72 bits per heavy atom. The standard InChI is InChI=1S/C13H21N3OS/c1-10-5-6-12(14-9-10)15-13(17)11(16(2)3)7-8-18-4/h5-6,9,11H,7-8H2,1-4H3,(H,14,15,17). The number of anilines is 1. The molecule has 1 atom stereocenters. The highest BCUT2D eigenvalue weighted by Gasteiger charge is 2.20. The lowest BCUT2D eigenvalue weighted by Gasteiger charge is -2.22. The molecule has 0 saturated carbocycles. The van der Waals surface area contributed by atoms with Crippen molar-refractivity contribution in [3.05, 3.63) is 23.9 Å². The molecule has 1 heterocycles. The van der Waals surface area contributed by atoms with Crippen LogP contribution in [-0.4, -0.2) is 47.9 Å². The van der Waals surface area contributed by atoms with E-state index >= 15 is 0 Å². The van der Waals surface area contributed by atoms with Crippen molar-refractivity contribution < 1.29 is 4.79 Å². The first-order chi connectivity index (χ1) is 8.54. The molecule has 0 aliphatic carbocycles. The molecule has 1 aromatic rings. The lowest BCUT2D eigenvalue weighted by atomic mass is 10.2. The van der Waals surface area contributed by atoms with E-state index in [1.54, 1.807) is 18.0 Å². The van der Waals surface area contributed by atoms with E-state index in [2.05, 4.69) is 10.3 Å². The highest BCUT2D eigenvalue weighted by atomic mass is 32.2. The van der Waals surface area contributed by atoms with Crippen LogP contribution in [-0.2, 0) is 4.79 Å². The molecule has 0 spiro atoms. The summed E-state index contributed by atoms with van der Waals surface area (Å²) in [6, 6.07) is 3.66. The average Bonchev–Trinajstić information content (AvgIpc) is 2.32. The molecule has 1 aromatic heterocycles. The molecule has 0 fully saturated rings. The van der Waals surface area contributed by atoms with Crippen molar-refractivity contribution in [3.63, 3.8) is 0 Å². The zero-order chi connectivity index (χ0) is 13.5. The van der Waals surface area contributed by atoms with Gasteiger partial charge >= 0.3 is 0 Å². The molecule has 0 saturated heterocycles. The molecular formula is C13H21N3OS. The largest absolute Gasteiger partial charge is 0.309 e. The number of nitrogens with zero attached hydrogens (tertiary/aromatic N) is 2. The minimum Gasteiger partial charge on any atom is -0.309 e. The fraction of sp³-hybridized carbons (Fsp3) is 0.538. The monoisotopic (exact) mass is 267 g/mol. The summed E-state index contributed by atoms with van der Waals surface area (Å²) in [6.07, 6.45) is 4.64. The summed E-state index contributed by atoms with van der Waals surface area (Å²) < 4.78 is 0. The number of pyridine rings is 1. The van der Waals surface area contributed by atoms with Gasteiger partial charge in [-0.1, -0.05) is 6.07 Å². The Balaban J connectivity index is 2.63. The second-order valence-corrected chi connectivity index (χ2v) is 5.46. The Morgan fingerprint density at radius 2 is 2.22 bits per heavy atom. The van der Waals surface area contributed by atoms with Crippen LogP contribution in [0.1, 0.15) is 12.0 Å². The van der Waals surface area contributed by atoms with E-state index in [-0.39, 0.29) is 11.9 Å². The third-order valence-electron chi connectivity index (χ3n) is 2.68. The Labute approximate surface area is 113 Å². The van der Waals surface area contributed by atoms with Crippen molar-refractivity contribution in [2.45, 2.75) is 19.4 Å². The van der Waals surface area contributed by atoms with Crippen LogP contribution in [0.25, 0.3) is 0 Å². The number of aromatic nitrogens is 1. The highest BCUT2D eigenvalue weighted by molar-refractivity contribution is 7.98. The van der Waals surface area contributed by atoms with E-state index in [0.717, 1.165) is 17.7 Å². The van der Waals surface area contributed by atoms with Gasteiger partial charge in [-0.3, -0.25) is 9.69 Å². The van der Waals surface area contributed by atoms with Gasteiger partial charge in [-0.15, -0.1) is 0 Å². The van der Waals surface area contributed by atoms with Gasteiger partial charge in [0.15, 0.2) is 0 Å². The number of hydrogen-bond donors (Lipinski definition) is 1. The van der Waals surface area contributed by atoms with E-state index in [9.17, 15) is 4.79 Å². The van der Waals surface area contributed by atoms with Gasteiger partial charge in [-0.2, -0.15) is 11.8 Å². The Bertz CT molecular complexity index is 378. The lowest BCUT2D eigenvalue weighted by molar-refractivity contribution is -0.120. The molecule has 0 bridgehead atoms. The number of thioether (sulfide) groups is 1. The molecule has 0 aliphatic rings. The van der Waals surface area contributed by atoms with Gasteiger partial charge in [-0.25, -0.2) is 4.98 Å². The van der Waals surface area contributed by atoms with E-state index in [1.807, 2.05) is 44.3 Å². The third-order valence-corrected chi connectivity index (χ3v) is 3.33. The molecule has 0 aliphatic heterocycles. The normalized spacial score (nSPS) is 12.5. The molecule has 100 valence electrons. The first-order valence-electron chi connectivity index (χ1n) is 5.93. The zero-order valence-electron chi connectivity index (χ0n) is 11.4. The number of aryl methyl sites for hydroxylation is 1. The molecule has 0 aromatic carbocycles. The van der Waals surface area contributed by atoms with E-state index in [1.165, 1.54) is 0 Å². The number of likely N-dealkylation sites (N-methyl/N-ethyl adjacent to an activating group) is 1. The summed E-state index contributed by atoms with van der Waals surface area (Å²) in [5.74, 6) is 1.59. The van der Waals surface area contributed by atoms with Gasteiger partial charge in [0.05, 0.1) is 6.04 Å². The fourth-order valence-electron chi connectivity index (χ4n) is 1.60. The number of carbonyl (C=O) groups is 1. The van der Waals surface area contributed by atoms with Gasteiger partial charge in [0.1, 0.15) is 5.82 Å². The smallest absolute Gasteiger partial charge is 0.242 e. The quantitative estimate of drug-likeness (QED) is 0.856. The number of carbonyl (C=O) groups excluding carboxylic acids is 1. The summed E-state index contributed by atoms with van der Waals surface area (Å²) in [5.41, 5.74) is 1.08. The highest BCUT2D eigenvalue weighted by Crippen LogP contribution is 2.09. The molecule has 1 N–H and O–H groups in total. The number of rotatable bonds is 6. The molecule has 0 radical (unpaired) electrons. The molecule has 4 nitrogen and oxygen atoms in total. The first kappa shape index (κ1) is 15.0. The third kappa shape index (κ3) is 4.66. The summed E-state index contributed by atoms with van der Waals surface area (Å²) in [5, 5.41) is 2.86. The van der Waals surface area contributed by atoms with Crippen molar-refractivity contribution in [1.29, 1.82) is 0 Å². The SMILES string of the molecule is CSCCC(C(=O)Nc1ccc(C)cn1)N(C)C.